The first kappa shape index (κ1) is 24.4. The van der Waals surface area contributed by atoms with E-state index in [-0.39, 0.29) is 28.9 Å². The smallest absolute Gasteiger partial charge is 0.341 e. The van der Waals surface area contributed by atoms with Crippen LogP contribution < -0.4 is 16.2 Å². The Balaban J connectivity index is 2.13. The number of methoxy groups -OCH3 is 1. The molecule has 0 atom stereocenters. The minimum atomic E-state index is -0.578. The van der Waals surface area contributed by atoms with Crippen LogP contribution in [0, 0.1) is 6.92 Å². The van der Waals surface area contributed by atoms with E-state index in [2.05, 4.69) is 16.2 Å². The van der Waals surface area contributed by atoms with Crippen LogP contribution in [0.4, 0.5) is 5.00 Å². The van der Waals surface area contributed by atoms with Gasteiger partial charge in [0.15, 0.2) is 5.11 Å². The summed E-state index contributed by atoms with van der Waals surface area (Å²) in [6.45, 7) is 6.58. The minimum Gasteiger partial charge on any atom is -0.465 e. The summed E-state index contributed by atoms with van der Waals surface area (Å²) in [5, 5.41) is 3.34. The van der Waals surface area contributed by atoms with Crippen LogP contribution in [0.25, 0.3) is 0 Å². The lowest BCUT2D eigenvalue weighted by molar-refractivity contribution is -0.121. The number of carbonyl (C=O) groups excluding carboxylic acids is 3. The zero-order valence-electron chi connectivity index (χ0n) is 18.2. The molecular formula is C20H27N5O4S2. The number of carbonyl (C=O) groups is 3. The summed E-state index contributed by atoms with van der Waals surface area (Å²) in [4.78, 5) is 39.4. The molecule has 3 N–H and O–H groups in total. The quantitative estimate of drug-likeness (QED) is 0.327. The molecule has 11 heteroatoms. The third kappa shape index (κ3) is 5.82. The first-order valence-electron chi connectivity index (χ1n) is 9.70. The number of anilines is 1. The van der Waals surface area contributed by atoms with Crippen molar-refractivity contribution in [1.82, 2.24) is 20.3 Å². The van der Waals surface area contributed by atoms with Crippen LogP contribution in [0.2, 0.25) is 0 Å². The van der Waals surface area contributed by atoms with E-state index in [4.69, 9.17) is 17.0 Å². The highest BCUT2D eigenvalue weighted by molar-refractivity contribution is 7.80. The van der Waals surface area contributed by atoms with Crippen LogP contribution in [0.3, 0.4) is 0 Å². The number of rotatable bonds is 7. The van der Waals surface area contributed by atoms with E-state index < -0.39 is 5.97 Å². The number of esters is 1. The van der Waals surface area contributed by atoms with E-state index in [1.54, 1.807) is 11.8 Å². The highest BCUT2D eigenvalue weighted by Gasteiger charge is 2.27. The van der Waals surface area contributed by atoms with Gasteiger partial charge in [0.05, 0.1) is 24.0 Å². The van der Waals surface area contributed by atoms with Gasteiger partial charge in [-0.25, -0.2) is 4.79 Å². The molecule has 2 aromatic rings. The van der Waals surface area contributed by atoms with Crippen molar-refractivity contribution in [3.63, 3.8) is 0 Å². The second-order valence-corrected chi connectivity index (χ2v) is 8.07. The number of aryl methyl sites for hydroxylation is 1. The normalized spacial score (nSPS) is 10.4. The van der Waals surface area contributed by atoms with E-state index in [0.29, 0.717) is 28.5 Å². The van der Waals surface area contributed by atoms with Gasteiger partial charge in [0.1, 0.15) is 5.00 Å². The van der Waals surface area contributed by atoms with E-state index >= 15 is 0 Å². The van der Waals surface area contributed by atoms with Gasteiger partial charge >= 0.3 is 5.97 Å². The lowest BCUT2D eigenvalue weighted by Gasteiger charge is -2.18. The Morgan fingerprint density at radius 1 is 1.23 bits per heavy atom. The number of hydrogen-bond donors (Lipinski definition) is 3. The molecule has 0 aliphatic heterocycles. The van der Waals surface area contributed by atoms with Gasteiger partial charge in [-0.3, -0.25) is 20.4 Å². The zero-order chi connectivity index (χ0) is 23.1. The molecule has 0 saturated carbocycles. The molecular weight excluding hydrogens is 438 g/mol. The van der Waals surface area contributed by atoms with Crippen molar-refractivity contribution in [3.05, 3.63) is 40.0 Å². The molecule has 0 aliphatic rings. The third-order valence-electron chi connectivity index (χ3n) is 4.72. The molecule has 2 aromatic heterocycles. The zero-order valence-corrected chi connectivity index (χ0v) is 19.8. The molecule has 0 spiro atoms. The fourth-order valence-corrected chi connectivity index (χ4v) is 4.34. The number of hydrazine groups is 1. The second kappa shape index (κ2) is 10.9. The van der Waals surface area contributed by atoms with Gasteiger partial charge in [0.25, 0.3) is 5.91 Å². The van der Waals surface area contributed by atoms with Crippen LogP contribution >= 0.6 is 23.6 Å². The fraction of sp³-hybridized carbons (Fsp3) is 0.400. The van der Waals surface area contributed by atoms with Crippen molar-refractivity contribution in [3.8, 4) is 0 Å². The van der Waals surface area contributed by atoms with Gasteiger partial charge in [0, 0.05) is 32.0 Å². The minimum absolute atomic E-state index is 0.0773. The molecule has 9 nitrogen and oxygen atoms in total. The summed E-state index contributed by atoms with van der Waals surface area (Å²) in [5.74, 6) is -1.02. The predicted octanol–water partition coefficient (Wildman–Crippen LogP) is 2.22. The Morgan fingerprint density at radius 3 is 2.45 bits per heavy atom. The van der Waals surface area contributed by atoms with Crippen molar-refractivity contribution in [1.29, 1.82) is 0 Å². The summed E-state index contributed by atoms with van der Waals surface area (Å²) in [6.07, 6.45) is 2.03. The standard InChI is InChI=1S/C20H27N5O4S2/c1-6-25(7-2)18(27)16-12(3)15(19(28)29-5)17(31-16)21-20(30)23-22-14(26)11-13-9-8-10-24(13)4/h8-10H,6-7,11H2,1-5H3,(H,22,26)(H2,21,23,30). The Bertz CT molecular complexity index is 978. The molecule has 0 aliphatic carbocycles. The lowest BCUT2D eigenvalue weighted by Crippen LogP contribution is -2.44. The third-order valence-corrected chi connectivity index (χ3v) is 6.12. The summed E-state index contributed by atoms with van der Waals surface area (Å²) in [5.41, 5.74) is 6.74. The lowest BCUT2D eigenvalue weighted by atomic mass is 10.1. The van der Waals surface area contributed by atoms with Crippen LogP contribution in [0.5, 0.6) is 0 Å². The SMILES string of the molecule is CCN(CC)C(=O)c1sc(NC(=S)NNC(=O)Cc2cccn2C)c(C(=O)OC)c1C. The predicted molar refractivity (Wildman–Crippen MR) is 124 cm³/mol. The molecule has 0 saturated heterocycles. The second-order valence-electron chi connectivity index (χ2n) is 6.64. The number of aromatic nitrogens is 1. The molecule has 0 radical (unpaired) electrons. The van der Waals surface area contributed by atoms with Crippen molar-refractivity contribution >= 4 is 51.5 Å². The molecule has 0 bridgehead atoms. The Kier molecular flexibility index (Phi) is 8.57. The number of ether oxygens (including phenoxy) is 1. The largest absolute Gasteiger partial charge is 0.465 e. The maximum Gasteiger partial charge on any atom is 0.341 e. The molecule has 31 heavy (non-hydrogen) atoms. The van der Waals surface area contributed by atoms with Gasteiger partial charge in [-0.05, 0) is 50.7 Å². The number of thiocarbonyl (C=S) groups is 1. The Labute approximate surface area is 190 Å². The average molecular weight is 466 g/mol. The van der Waals surface area contributed by atoms with Gasteiger partial charge in [-0.15, -0.1) is 11.3 Å². The molecule has 0 aromatic carbocycles. The van der Waals surface area contributed by atoms with Crippen LogP contribution in [0.15, 0.2) is 18.3 Å². The monoisotopic (exact) mass is 465 g/mol. The highest BCUT2D eigenvalue weighted by atomic mass is 32.1. The van der Waals surface area contributed by atoms with Gasteiger partial charge in [-0.1, -0.05) is 0 Å². The van der Waals surface area contributed by atoms with Crippen molar-refractivity contribution in [2.24, 2.45) is 7.05 Å². The topological polar surface area (TPSA) is 105 Å². The summed E-state index contributed by atoms with van der Waals surface area (Å²) >= 11 is 6.36. The van der Waals surface area contributed by atoms with Crippen LogP contribution in [-0.4, -0.2) is 52.6 Å². The maximum atomic E-state index is 12.8. The number of nitrogens with one attached hydrogen (secondary N) is 3. The fourth-order valence-electron chi connectivity index (χ4n) is 2.96. The van der Waals surface area contributed by atoms with Gasteiger partial charge in [0.2, 0.25) is 5.91 Å². The Morgan fingerprint density at radius 2 is 1.90 bits per heavy atom. The van der Waals surface area contributed by atoms with Crippen molar-refractivity contribution < 1.29 is 19.1 Å². The number of nitrogens with zero attached hydrogens (tertiary/aromatic N) is 2. The maximum absolute atomic E-state index is 12.8. The van der Waals surface area contributed by atoms with Crippen LogP contribution in [-0.2, 0) is 23.0 Å². The van der Waals surface area contributed by atoms with Crippen molar-refractivity contribution in [2.45, 2.75) is 27.2 Å². The summed E-state index contributed by atoms with van der Waals surface area (Å²) < 4.78 is 6.73. The summed E-state index contributed by atoms with van der Waals surface area (Å²) in [7, 11) is 3.13. The Hall–Kier alpha value is -2.92. The average Bonchev–Trinajstić information content (AvgIpc) is 3.29. The molecule has 168 valence electrons. The molecule has 2 heterocycles. The van der Waals surface area contributed by atoms with E-state index in [9.17, 15) is 14.4 Å². The van der Waals surface area contributed by atoms with E-state index in [1.165, 1.54) is 7.11 Å². The number of amides is 2. The van der Waals surface area contributed by atoms with Crippen molar-refractivity contribution in [2.75, 3.05) is 25.5 Å². The van der Waals surface area contributed by atoms with E-state index in [1.807, 2.05) is 43.8 Å². The van der Waals surface area contributed by atoms with E-state index in [0.717, 1.165) is 17.0 Å². The van der Waals surface area contributed by atoms with Crippen LogP contribution in [0.1, 0.15) is 45.1 Å². The van der Waals surface area contributed by atoms with Gasteiger partial charge in [-0.2, -0.15) is 0 Å². The first-order valence-corrected chi connectivity index (χ1v) is 10.9. The van der Waals surface area contributed by atoms with Gasteiger partial charge < -0.3 is 19.5 Å². The summed E-state index contributed by atoms with van der Waals surface area (Å²) in [6, 6.07) is 3.70. The molecule has 0 unspecified atom stereocenters. The first-order chi connectivity index (χ1) is 14.7. The highest BCUT2D eigenvalue weighted by Crippen LogP contribution is 2.34. The number of thiophene rings is 1. The number of hydrogen-bond acceptors (Lipinski definition) is 6. The molecule has 0 fully saturated rings. The molecule has 2 amide bonds. The molecule has 2 rings (SSSR count).